The van der Waals surface area contributed by atoms with E-state index >= 15 is 0 Å². The molecule has 1 aromatic carbocycles. The zero-order valence-corrected chi connectivity index (χ0v) is 16.8. The van der Waals surface area contributed by atoms with Gasteiger partial charge in [-0.25, -0.2) is 9.59 Å². The number of aromatic carboxylic acids is 1. The Kier molecular flexibility index (Phi) is 6.85. The number of para-hydroxylation sites is 1. The predicted molar refractivity (Wildman–Crippen MR) is 105 cm³/mol. The third-order valence-corrected chi connectivity index (χ3v) is 4.64. The summed E-state index contributed by atoms with van der Waals surface area (Å²) in [4.78, 5) is 26.0. The van der Waals surface area contributed by atoms with Crippen molar-refractivity contribution in [1.82, 2.24) is 4.90 Å². The van der Waals surface area contributed by atoms with Gasteiger partial charge in [0.1, 0.15) is 23.0 Å². The first-order valence-corrected chi connectivity index (χ1v) is 9.52. The number of nitrogens with zero attached hydrogens (tertiary/aromatic N) is 1. The summed E-state index contributed by atoms with van der Waals surface area (Å²) in [6, 6.07) is 10.4. The fourth-order valence-electron chi connectivity index (χ4n) is 2.38. The average molecular weight is 391 g/mol. The van der Waals surface area contributed by atoms with E-state index in [-0.39, 0.29) is 11.7 Å². The highest BCUT2D eigenvalue weighted by molar-refractivity contribution is 7.10. The second kappa shape index (κ2) is 8.90. The van der Waals surface area contributed by atoms with E-state index in [1.807, 2.05) is 38.3 Å². The molecule has 1 unspecified atom stereocenters. The molecule has 0 aliphatic carbocycles. The summed E-state index contributed by atoms with van der Waals surface area (Å²) in [5.74, 6) is -0.732. The van der Waals surface area contributed by atoms with E-state index in [4.69, 9.17) is 9.47 Å². The number of thiophene rings is 1. The lowest BCUT2D eigenvalue weighted by molar-refractivity contribution is 0.0279. The van der Waals surface area contributed by atoms with E-state index in [0.29, 0.717) is 18.7 Å². The molecule has 2 aromatic rings. The van der Waals surface area contributed by atoms with Crippen LogP contribution in [-0.2, 0) is 4.74 Å². The number of amides is 1. The summed E-state index contributed by atoms with van der Waals surface area (Å²) < 4.78 is 11.4. The van der Waals surface area contributed by atoms with Crippen LogP contribution >= 0.6 is 11.3 Å². The number of carboxylic acid groups (broad SMARTS) is 1. The number of rotatable bonds is 7. The van der Waals surface area contributed by atoms with Crippen LogP contribution in [0, 0.1) is 0 Å². The van der Waals surface area contributed by atoms with Crippen LogP contribution in [-0.4, -0.2) is 41.3 Å². The second-order valence-corrected chi connectivity index (χ2v) is 8.09. The van der Waals surface area contributed by atoms with Gasteiger partial charge in [-0.1, -0.05) is 18.2 Å². The standard InChI is InChI=1S/C20H25NO5S/c1-20(2,3)26-19(24)21(4)12-11-16(17-10-7-13-27-17)25-15-9-6-5-8-14(15)18(22)23/h5-10,13,16H,11-12H2,1-4H3,(H,22,23). The Morgan fingerprint density at radius 3 is 2.48 bits per heavy atom. The van der Waals surface area contributed by atoms with E-state index in [9.17, 15) is 14.7 Å². The molecule has 0 spiro atoms. The monoisotopic (exact) mass is 391 g/mol. The molecule has 1 N–H and O–H groups in total. The molecule has 27 heavy (non-hydrogen) atoms. The van der Waals surface area contributed by atoms with Crippen molar-refractivity contribution >= 4 is 23.4 Å². The van der Waals surface area contributed by atoms with Gasteiger partial charge in [0.05, 0.1) is 0 Å². The summed E-state index contributed by atoms with van der Waals surface area (Å²) in [7, 11) is 1.67. The first-order valence-electron chi connectivity index (χ1n) is 8.64. The minimum absolute atomic E-state index is 0.111. The lowest BCUT2D eigenvalue weighted by Crippen LogP contribution is -2.35. The Morgan fingerprint density at radius 2 is 1.89 bits per heavy atom. The van der Waals surface area contributed by atoms with Crippen molar-refractivity contribution in [1.29, 1.82) is 0 Å². The van der Waals surface area contributed by atoms with Crippen molar-refractivity contribution < 1.29 is 24.2 Å². The Balaban J connectivity index is 2.11. The number of ether oxygens (including phenoxy) is 2. The van der Waals surface area contributed by atoms with Crippen molar-refractivity contribution in [3.63, 3.8) is 0 Å². The van der Waals surface area contributed by atoms with Gasteiger partial charge in [0.25, 0.3) is 0 Å². The summed E-state index contributed by atoms with van der Waals surface area (Å²) in [5, 5.41) is 11.3. The van der Waals surface area contributed by atoms with Crippen molar-refractivity contribution in [3.05, 3.63) is 52.2 Å². The van der Waals surface area contributed by atoms with E-state index in [0.717, 1.165) is 4.88 Å². The molecule has 0 radical (unpaired) electrons. The lowest BCUT2D eigenvalue weighted by atomic mass is 10.1. The van der Waals surface area contributed by atoms with Gasteiger partial charge < -0.3 is 19.5 Å². The van der Waals surface area contributed by atoms with Gasteiger partial charge >= 0.3 is 12.1 Å². The van der Waals surface area contributed by atoms with Crippen molar-refractivity contribution in [2.45, 2.75) is 38.9 Å². The van der Waals surface area contributed by atoms with E-state index in [1.165, 1.54) is 22.3 Å². The Bertz CT molecular complexity index is 767. The molecule has 0 bridgehead atoms. The van der Waals surface area contributed by atoms with E-state index < -0.39 is 17.7 Å². The molecule has 1 atom stereocenters. The summed E-state index contributed by atoms with van der Waals surface area (Å²) in [6.07, 6.45) is -0.265. The highest BCUT2D eigenvalue weighted by Crippen LogP contribution is 2.30. The Labute approximate surface area is 163 Å². The number of carbonyl (C=O) groups excluding carboxylic acids is 1. The minimum Gasteiger partial charge on any atom is -0.484 e. The molecule has 1 aromatic heterocycles. The van der Waals surface area contributed by atoms with Crippen LogP contribution in [0.15, 0.2) is 41.8 Å². The average Bonchev–Trinajstić information content (AvgIpc) is 3.11. The van der Waals surface area contributed by atoms with Crippen molar-refractivity contribution in [2.75, 3.05) is 13.6 Å². The van der Waals surface area contributed by atoms with Crippen LogP contribution in [0.25, 0.3) is 0 Å². The largest absolute Gasteiger partial charge is 0.484 e. The van der Waals surface area contributed by atoms with Gasteiger partial charge in [-0.15, -0.1) is 11.3 Å². The SMILES string of the molecule is CN(CCC(Oc1ccccc1C(=O)O)c1cccs1)C(=O)OC(C)(C)C. The first kappa shape index (κ1) is 20.8. The van der Waals surface area contributed by atoms with Crippen LogP contribution in [0.3, 0.4) is 0 Å². The quantitative estimate of drug-likeness (QED) is 0.732. The fraction of sp³-hybridized carbons (Fsp3) is 0.400. The molecule has 0 fully saturated rings. The molecule has 146 valence electrons. The zero-order chi connectivity index (χ0) is 20.0. The van der Waals surface area contributed by atoms with Gasteiger partial charge in [-0.3, -0.25) is 0 Å². The molecular formula is C20H25NO5S. The van der Waals surface area contributed by atoms with Crippen LogP contribution < -0.4 is 4.74 Å². The van der Waals surface area contributed by atoms with Crippen molar-refractivity contribution in [2.24, 2.45) is 0 Å². The number of hydrogen-bond donors (Lipinski definition) is 1. The van der Waals surface area contributed by atoms with Gasteiger partial charge in [0.15, 0.2) is 0 Å². The van der Waals surface area contributed by atoms with Gasteiger partial charge in [0.2, 0.25) is 0 Å². The maximum absolute atomic E-state index is 12.1. The van der Waals surface area contributed by atoms with Crippen molar-refractivity contribution in [3.8, 4) is 5.75 Å². The molecule has 2 rings (SSSR count). The molecule has 7 heteroatoms. The third kappa shape index (κ3) is 6.29. The molecule has 0 aliphatic rings. The van der Waals surface area contributed by atoms with Gasteiger partial charge in [-0.05, 0) is 44.4 Å². The molecule has 6 nitrogen and oxygen atoms in total. The van der Waals surface area contributed by atoms with Crippen LogP contribution in [0.2, 0.25) is 0 Å². The fourth-order valence-corrected chi connectivity index (χ4v) is 3.16. The molecule has 0 saturated heterocycles. The third-order valence-electron chi connectivity index (χ3n) is 3.68. The molecule has 0 saturated carbocycles. The maximum atomic E-state index is 12.1. The van der Waals surface area contributed by atoms with E-state index in [1.54, 1.807) is 25.2 Å². The molecule has 1 heterocycles. The Hall–Kier alpha value is -2.54. The van der Waals surface area contributed by atoms with Gasteiger partial charge in [0, 0.05) is 24.9 Å². The van der Waals surface area contributed by atoms with Crippen LogP contribution in [0.1, 0.15) is 48.5 Å². The molecule has 1 amide bonds. The summed E-state index contributed by atoms with van der Waals surface area (Å²) in [5.41, 5.74) is -0.449. The summed E-state index contributed by atoms with van der Waals surface area (Å²) >= 11 is 1.53. The van der Waals surface area contributed by atoms with E-state index in [2.05, 4.69) is 0 Å². The number of carbonyl (C=O) groups is 2. The zero-order valence-electron chi connectivity index (χ0n) is 16.0. The smallest absolute Gasteiger partial charge is 0.410 e. The topological polar surface area (TPSA) is 76.1 Å². The highest BCUT2D eigenvalue weighted by Gasteiger charge is 2.23. The Morgan fingerprint density at radius 1 is 1.19 bits per heavy atom. The number of benzene rings is 1. The van der Waals surface area contributed by atoms with Crippen LogP contribution in [0.4, 0.5) is 4.79 Å². The van der Waals surface area contributed by atoms with Gasteiger partial charge in [-0.2, -0.15) is 0 Å². The number of carboxylic acids is 1. The second-order valence-electron chi connectivity index (χ2n) is 7.11. The number of hydrogen-bond acceptors (Lipinski definition) is 5. The minimum atomic E-state index is -1.04. The summed E-state index contributed by atoms with van der Waals surface area (Å²) in [6.45, 7) is 5.87. The highest BCUT2D eigenvalue weighted by atomic mass is 32.1. The first-order chi connectivity index (χ1) is 12.7. The lowest BCUT2D eigenvalue weighted by Gasteiger charge is -2.26. The molecular weight excluding hydrogens is 366 g/mol. The van der Waals surface area contributed by atoms with Crippen LogP contribution in [0.5, 0.6) is 5.75 Å². The normalized spacial score (nSPS) is 12.3. The maximum Gasteiger partial charge on any atom is 0.410 e. The molecule has 0 aliphatic heterocycles. The predicted octanol–water partition coefficient (Wildman–Crippen LogP) is 4.82.